The lowest BCUT2D eigenvalue weighted by molar-refractivity contribution is -0.276. The molecule has 3 nitrogen and oxygen atoms in total. The Bertz CT molecular complexity index is 274. The standard InChI is InChI=1S/C6H5F3N2O/c1-4-2-10-3-5(11-4)12-6(7,8)9/h2-3H,1H3. The Labute approximate surface area is 66.2 Å². The third-order valence-electron chi connectivity index (χ3n) is 0.953. The Morgan fingerprint density at radius 1 is 1.33 bits per heavy atom. The SMILES string of the molecule is Cc1cncc(OC(F)(F)F)n1. The minimum Gasteiger partial charge on any atom is -0.386 e. The van der Waals surface area contributed by atoms with Crippen LogP contribution < -0.4 is 4.74 Å². The zero-order valence-electron chi connectivity index (χ0n) is 6.09. The molecule has 1 aromatic heterocycles. The van der Waals surface area contributed by atoms with Crippen molar-refractivity contribution in [2.24, 2.45) is 0 Å². The lowest BCUT2D eigenvalue weighted by Crippen LogP contribution is -2.18. The van der Waals surface area contributed by atoms with Crippen molar-refractivity contribution in [3.8, 4) is 5.88 Å². The first-order valence-electron chi connectivity index (χ1n) is 3.02. The molecule has 0 aliphatic carbocycles. The second-order valence-corrected chi connectivity index (χ2v) is 2.05. The highest BCUT2D eigenvalue weighted by Crippen LogP contribution is 2.19. The predicted octanol–water partition coefficient (Wildman–Crippen LogP) is 1.68. The summed E-state index contributed by atoms with van der Waals surface area (Å²) in [6.45, 7) is 1.52. The number of hydrogen-bond acceptors (Lipinski definition) is 3. The number of nitrogens with zero attached hydrogens (tertiary/aromatic N) is 2. The molecule has 0 saturated heterocycles. The number of hydrogen-bond donors (Lipinski definition) is 0. The highest BCUT2D eigenvalue weighted by Gasteiger charge is 2.31. The first-order valence-corrected chi connectivity index (χ1v) is 3.02. The van der Waals surface area contributed by atoms with Crippen molar-refractivity contribution in [3.63, 3.8) is 0 Å². The minimum absolute atomic E-state index is 0.372. The van der Waals surface area contributed by atoms with Crippen LogP contribution in [0.1, 0.15) is 5.69 Å². The minimum atomic E-state index is -4.71. The van der Waals surface area contributed by atoms with Crippen molar-refractivity contribution in [2.75, 3.05) is 0 Å². The second kappa shape index (κ2) is 2.96. The van der Waals surface area contributed by atoms with Crippen molar-refractivity contribution in [1.82, 2.24) is 9.97 Å². The summed E-state index contributed by atoms with van der Waals surface area (Å²) in [5.41, 5.74) is 0.372. The highest BCUT2D eigenvalue weighted by atomic mass is 19.4. The number of alkyl halides is 3. The Morgan fingerprint density at radius 3 is 2.50 bits per heavy atom. The smallest absolute Gasteiger partial charge is 0.386 e. The van der Waals surface area contributed by atoms with Crippen LogP contribution in [0, 0.1) is 6.92 Å². The summed E-state index contributed by atoms with van der Waals surface area (Å²) in [5, 5.41) is 0. The van der Waals surface area contributed by atoms with Crippen LogP contribution in [0.15, 0.2) is 12.4 Å². The van der Waals surface area contributed by atoms with Gasteiger partial charge >= 0.3 is 6.36 Å². The molecule has 0 N–H and O–H groups in total. The summed E-state index contributed by atoms with van der Waals surface area (Å²) in [4.78, 5) is 6.93. The van der Waals surface area contributed by atoms with Gasteiger partial charge in [-0.1, -0.05) is 0 Å². The van der Waals surface area contributed by atoms with Gasteiger partial charge < -0.3 is 4.74 Å². The molecule has 6 heteroatoms. The third kappa shape index (κ3) is 2.73. The number of rotatable bonds is 1. The van der Waals surface area contributed by atoms with Crippen molar-refractivity contribution >= 4 is 0 Å². The van der Waals surface area contributed by atoms with E-state index in [0.717, 1.165) is 6.20 Å². The first-order chi connectivity index (χ1) is 5.47. The van der Waals surface area contributed by atoms with E-state index in [1.54, 1.807) is 0 Å². The van der Waals surface area contributed by atoms with Crippen LogP contribution in [0.25, 0.3) is 0 Å². The molecule has 12 heavy (non-hydrogen) atoms. The van der Waals surface area contributed by atoms with E-state index in [1.807, 2.05) is 0 Å². The summed E-state index contributed by atoms with van der Waals surface area (Å²) in [6, 6.07) is 0. The number of ether oxygens (including phenoxy) is 1. The molecule has 1 aromatic rings. The molecular weight excluding hydrogens is 173 g/mol. The maximum absolute atomic E-state index is 11.6. The summed E-state index contributed by atoms with van der Waals surface area (Å²) in [5.74, 6) is -0.539. The molecule has 0 radical (unpaired) electrons. The average Bonchev–Trinajstić information content (AvgIpc) is 1.82. The number of aromatic nitrogens is 2. The zero-order valence-corrected chi connectivity index (χ0v) is 6.09. The van der Waals surface area contributed by atoms with Gasteiger partial charge in [0.25, 0.3) is 0 Å². The third-order valence-corrected chi connectivity index (χ3v) is 0.953. The molecule has 0 aromatic carbocycles. The molecule has 1 rings (SSSR count). The fraction of sp³-hybridized carbons (Fsp3) is 0.333. The highest BCUT2D eigenvalue weighted by molar-refractivity contribution is 5.06. The molecule has 0 bridgehead atoms. The fourth-order valence-electron chi connectivity index (χ4n) is 0.608. The van der Waals surface area contributed by atoms with Crippen LogP contribution in [-0.2, 0) is 0 Å². The quantitative estimate of drug-likeness (QED) is 0.656. The summed E-state index contributed by atoms with van der Waals surface area (Å²) >= 11 is 0. The Kier molecular flexibility index (Phi) is 2.16. The van der Waals surface area contributed by atoms with E-state index in [0.29, 0.717) is 5.69 Å². The molecule has 0 spiro atoms. The van der Waals surface area contributed by atoms with Crippen LogP contribution in [0.3, 0.4) is 0 Å². The molecule has 0 unspecified atom stereocenters. The van der Waals surface area contributed by atoms with Crippen molar-refractivity contribution in [3.05, 3.63) is 18.1 Å². The van der Waals surface area contributed by atoms with E-state index in [9.17, 15) is 13.2 Å². The maximum Gasteiger partial charge on any atom is 0.574 e. The molecule has 0 aliphatic heterocycles. The van der Waals surface area contributed by atoms with Crippen LogP contribution >= 0.6 is 0 Å². The van der Waals surface area contributed by atoms with E-state index in [-0.39, 0.29) is 0 Å². The van der Waals surface area contributed by atoms with E-state index in [4.69, 9.17) is 0 Å². The van der Waals surface area contributed by atoms with Gasteiger partial charge in [-0.25, -0.2) is 4.98 Å². The predicted molar refractivity (Wildman–Crippen MR) is 33.5 cm³/mol. The molecule has 0 saturated carbocycles. The second-order valence-electron chi connectivity index (χ2n) is 2.05. The van der Waals surface area contributed by atoms with Crippen molar-refractivity contribution in [1.29, 1.82) is 0 Å². The molecule has 66 valence electrons. The average molecular weight is 178 g/mol. The summed E-state index contributed by atoms with van der Waals surface area (Å²) in [7, 11) is 0. The van der Waals surface area contributed by atoms with Crippen LogP contribution in [0.2, 0.25) is 0 Å². The molecule has 0 amide bonds. The molecular formula is C6H5F3N2O. The maximum atomic E-state index is 11.6. The Balaban J connectivity index is 2.77. The van der Waals surface area contributed by atoms with E-state index in [1.165, 1.54) is 13.1 Å². The van der Waals surface area contributed by atoms with E-state index in [2.05, 4.69) is 14.7 Å². The largest absolute Gasteiger partial charge is 0.574 e. The molecule has 0 fully saturated rings. The van der Waals surface area contributed by atoms with Crippen molar-refractivity contribution in [2.45, 2.75) is 13.3 Å². The van der Waals surface area contributed by atoms with Gasteiger partial charge in [0.05, 0.1) is 11.9 Å². The number of halogens is 3. The van der Waals surface area contributed by atoms with Gasteiger partial charge in [0.1, 0.15) is 0 Å². The van der Waals surface area contributed by atoms with Gasteiger partial charge in [0.15, 0.2) is 0 Å². The monoisotopic (exact) mass is 178 g/mol. The molecule has 0 atom stereocenters. The number of aryl methyl sites for hydroxylation is 1. The van der Waals surface area contributed by atoms with Gasteiger partial charge in [0.2, 0.25) is 5.88 Å². The normalized spacial score (nSPS) is 11.3. The van der Waals surface area contributed by atoms with Crippen LogP contribution in [0.4, 0.5) is 13.2 Å². The summed E-state index contributed by atoms with van der Waals surface area (Å²) < 4.78 is 38.3. The van der Waals surface area contributed by atoms with Gasteiger partial charge in [-0.3, -0.25) is 4.98 Å². The van der Waals surface area contributed by atoms with Gasteiger partial charge in [0, 0.05) is 6.20 Å². The van der Waals surface area contributed by atoms with Gasteiger partial charge in [-0.15, -0.1) is 13.2 Å². The Hall–Kier alpha value is -1.33. The van der Waals surface area contributed by atoms with Crippen molar-refractivity contribution < 1.29 is 17.9 Å². The van der Waals surface area contributed by atoms with Gasteiger partial charge in [-0.05, 0) is 6.92 Å². The lowest BCUT2D eigenvalue weighted by atomic mass is 10.5. The molecule has 1 heterocycles. The first kappa shape index (κ1) is 8.76. The van der Waals surface area contributed by atoms with E-state index < -0.39 is 12.2 Å². The fourth-order valence-corrected chi connectivity index (χ4v) is 0.608. The lowest BCUT2D eigenvalue weighted by Gasteiger charge is -2.06. The van der Waals surface area contributed by atoms with Crippen LogP contribution in [0.5, 0.6) is 5.88 Å². The Morgan fingerprint density at radius 2 is 2.00 bits per heavy atom. The van der Waals surface area contributed by atoms with E-state index >= 15 is 0 Å². The molecule has 0 aliphatic rings. The summed E-state index contributed by atoms with van der Waals surface area (Å²) in [6.07, 6.45) is -2.47. The topological polar surface area (TPSA) is 35.0 Å². The zero-order chi connectivity index (χ0) is 9.19. The van der Waals surface area contributed by atoms with Crippen LogP contribution in [-0.4, -0.2) is 16.3 Å². The van der Waals surface area contributed by atoms with Gasteiger partial charge in [-0.2, -0.15) is 0 Å².